The lowest BCUT2D eigenvalue weighted by Crippen LogP contribution is -2.21. The Morgan fingerprint density at radius 3 is 2.05 bits per heavy atom. The second kappa shape index (κ2) is 8.77. The molecule has 0 heterocycles. The van der Waals surface area contributed by atoms with Crippen LogP contribution in [-0.2, 0) is 9.68 Å². The van der Waals surface area contributed by atoms with Crippen molar-refractivity contribution in [2.24, 2.45) is 22.7 Å². The molecule has 0 aliphatic rings. The standard InChI is InChI=1S/C18H36O3/c1-14(13-18(5,6)7)12-15(16(19)21-20)10-8-9-11-17(2,3)4/h14-15,20H,8-13H2,1-7H3. The first kappa shape index (κ1) is 20.4. The minimum atomic E-state index is -0.466. The summed E-state index contributed by atoms with van der Waals surface area (Å²) in [6.45, 7) is 15.5. The first-order chi connectivity index (χ1) is 9.44. The van der Waals surface area contributed by atoms with Crippen LogP contribution >= 0.6 is 0 Å². The molecule has 126 valence electrons. The van der Waals surface area contributed by atoms with Crippen LogP contribution < -0.4 is 0 Å². The van der Waals surface area contributed by atoms with E-state index < -0.39 is 5.97 Å². The molecule has 2 atom stereocenters. The molecule has 0 fully saturated rings. The van der Waals surface area contributed by atoms with Gasteiger partial charge in [-0.3, -0.25) is 0 Å². The predicted molar refractivity (Wildman–Crippen MR) is 88.0 cm³/mol. The van der Waals surface area contributed by atoms with E-state index in [2.05, 4.69) is 53.4 Å². The molecule has 0 spiro atoms. The van der Waals surface area contributed by atoms with E-state index in [4.69, 9.17) is 5.26 Å². The van der Waals surface area contributed by atoms with Crippen molar-refractivity contribution in [1.82, 2.24) is 0 Å². The van der Waals surface area contributed by atoms with Crippen LogP contribution in [0.2, 0.25) is 0 Å². The second-order valence-corrected chi connectivity index (χ2v) is 9.02. The fourth-order valence-electron chi connectivity index (χ4n) is 3.07. The van der Waals surface area contributed by atoms with Gasteiger partial charge in [-0.25, -0.2) is 4.79 Å². The molecule has 0 aromatic carbocycles. The van der Waals surface area contributed by atoms with Crippen LogP contribution in [0.5, 0.6) is 0 Å². The Morgan fingerprint density at radius 1 is 1.05 bits per heavy atom. The molecule has 1 N–H and O–H groups in total. The van der Waals surface area contributed by atoms with E-state index in [1.165, 1.54) is 0 Å². The highest BCUT2D eigenvalue weighted by Gasteiger charge is 2.25. The molecule has 0 aliphatic carbocycles. The smallest absolute Gasteiger partial charge is 0.301 e. The molecule has 0 amide bonds. The monoisotopic (exact) mass is 300 g/mol. The highest BCUT2D eigenvalue weighted by Crippen LogP contribution is 2.30. The van der Waals surface area contributed by atoms with Crippen LogP contribution in [0.25, 0.3) is 0 Å². The third-order valence-corrected chi connectivity index (χ3v) is 3.80. The number of carbonyl (C=O) groups is 1. The zero-order valence-corrected chi connectivity index (χ0v) is 15.2. The van der Waals surface area contributed by atoms with Gasteiger partial charge in [0.05, 0.1) is 5.92 Å². The Morgan fingerprint density at radius 2 is 1.62 bits per heavy atom. The van der Waals surface area contributed by atoms with Gasteiger partial charge in [0.1, 0.15) is 0 Å². The zero-order chi connectivity index (χ0) is 16.7. The fraction of sp³-hybridized carbons (Fsp3) is 0.944. The molecule has 0 saturated heterocycles. The molecule has 0 radical (unpaired) electrons. The zero-order valence-electron chi connectivity index (χ0n) is 15.2. The quantitative estimate of drug-likeness (QED) is 0.356. The van der Waals surface area contributed by atoms with E-state index in [1.54, 1.807) is 0 Å². The number of unbranched alkanes of at least 4 members (excludes halogenated alkanes) is 1. The third-order valence-electron chi connectivity index (χ3n) is 3.80. The first-order valence-corrected chi connectivity index (χ1v) is 8.30. The van der Waals surface area contributed by atoms with Gasteiger partial charge < -0.3 is 4.89 Å². The lowest BCUT2D eigenvalue weighted by molar-refractivity contribution is -0.239. The maximum atomic E-state index is 11.7. The second-order valence-electron chi connectivity index (χ2n) is 9.02. The van der Waals surface area contributed by atoms with Crippen LogP contribution in [0.3, 0.4) is 0 Å². The largest absolute Gasteiger partial charge is 0.345 e. The average molecular weight is 300 g/mol. The van der Waals surface area contributed by atoms with E-state index in [1.807, 2.05) is 0 Å². The van der Waals surface area contributed by atoms with E-state index in [0.717, 1.165) is 38.5 Å². The minimum absolute atomic E-state index is 0.174. The van der Waals surface area contributed by atoms with Crippen molar-refractivity contribution >= 4 is 5.97 Å². The summed E-state index contributed by atoms with van der Waals surface area (Å²) in [5.74, 6) is -0.185. The van der Waals surface area contributed by atoms with Gasteiger partial charge in [0.2, 0.25) is 0 Å². The summed E-state index contributed by atoms with van der Waals surface area (Å²) >= 11 is 0. The van der Waals surface area contributed by atoms with Gasteiger partial charge in [0.15, 0.2) is 0 Å². The number of rotatable bonds is 8. The van der Waals surface area contributed by atoms with Crippen LogP contribution in [0.15, 0.2) is 0 Å². The van der Waals surface area contributed by atoms with Crippen LogP contribution in [0, 0.1) is 22.7 Å². The third kappa shape index (κ3) is 11.7. The van der Waals surface area contributed by atoms with Crippen molar-refractivity contribution in [1.29, 1.82) is 0 Å². The van der Waals surface area contributed by atoms with Crippen LogP contribution in [0.1, 0.15) is 87.0 Å². The van der Waals surface area contributed by atoms with Gasteiger partial charge in [-0.1, -0.05) is 61.3 Å². The van der Waals surface area contributed by atoms with Crippen molar-refractivity contribution in [2.45, 2.75) is 87.0 Å². The van der Waals surface area contributed by atoms with Crippen molar-refractivity contribution < 1.29 is 14.9 Å². The van der Waals surface area contributed by atoms with Crippen molar-refractivity contribution in [3.63, 3.8) is 0 Å². The number of hydrogen-bond acceptors (Lipinski definition) is 3. The Hall–Kier alpha value is -0.570. The van der Waals surface area contributed by atoms with Crippen molar-refractivity contribution in [3.05, 3.63) is 0 Å². The number of carbonyl (C=O) groups excluding carboxylic acids is 1. The van der Waals surface area contributed by atoms with E-state index in [0.29, 0.717) is 11.3 Å². The Bertz CT molecular complexity index is 297. The van der Waals surface area contributed by atoms with E-state index >= 15 is 0 Å². The molecule has 0 aromatic rings. The molecule has 0 aromatic heterocycles. The van der Waals surface area contributed by atoms with E-state index in [-0.39, 0.29) is 11.3 Å². The number of hydrogen-bond donors (Lipinski definition) is 1. The molecule has 0 bridgehead atoms. The average Bonchev–Trinajstić information content (AvgIpc) is 2.28. The Kier molecular flexibility index (Phi) is 8.53. The van der Waals surface area contributed by atoms with Gasteiger partial charge >= 0.3 is 5.97 Å². The first-order valence-electron chi connectivity index (χ1n) is 8.30. The fourth-order valence-corrected chi connectivity index (χ4v) is 3.07. The molecule has 2 unspecified atom stereocenters. The highest BCUT2D eigenvalue weighted by atomic mass is 17.1. The maximum Gasteiger partial charge on any atom is 0.345 e. The molecule has 21 heavy (non-hydrogen) atoms. The summed E-state index contributed by atoms with van der Waals surface area (Å²) < 4.78 is 0. The molecule has 0 saturated carbocycles. The lowest BCUT2D eigenvalue weighted by Gasteiger charge is -2.25. The summed E-state index contributed by atoms with van der Waals surface area (Å²) in [5.41, 5.74) is 0.603. The van der Waals surface area contributed by atoms with Gasteiger partial charge in [-0.2, -0.15) is 5.26 Å². The lowest BCUT2D eigenvalue weighted by atomic mass is 9.80. The molecular formula is C18H36O3. The molecule has 0 rings (SSSR count). The van der Waals surface area contributed by atoms with Crippen LogP contribution in [-0.4, -0.2) is 11.2 Å². The summed E-state index contributed by atoms with van der Waals surface area (Å²) in [7, 11) is 0. The Balaban J connectivity index is 4.31. The topological polar surface area (TPSA) is 46.5 Å². The molecule has 0 aliphatic heterocycles. The summed E-state index contributed by atoms with van der Waals surface area (Å²) in [6.07, 6.45) is 5.97. The SMILES string of the molecule is CC(CC(CCCCC(C)(C)C)C(=O)OO)CC(C)(C)C. The van der Waals surface area contributed by atoms with Gasteiger partial charge in [-0.05, 0) is 42.4 Å². The molecule has 3 heteroatoms. The minimum Gasteiger partial charge on any atom is -0.301 e. The van der Waals surface area contributed by atoms with Crippen molar-refractivity contribution in [2.75, 3.05) is 0 Å². The van der Waals surface area contributed by atoms with Gasteiger partial charge in [0.25, 0.3) is 0 Å². The predicted octanol–water partition coefficient (Wildman–Crippen LogP) is 5.69. The molecular weight excluding hydrogens is 264 g/mol. The maximum absolute atomic E-state index is 11.7. The van der Waals surface area contributed by atoms with Gasteiger partial charge in [-0.15, -0.1) is 0 Å². The normalized spacial score (nSPS) is 15.6. The summed E-state index contributed by atoms with van der Waals surface area (Å²) in [5, 5.41) is 8.69. The van der Waals surface area contributed by atoms with Crippen LogP contribution in [0.4, 0.5) is 0 Å². The summed E-state index contributed by atoms with van der Waals surface area (Å²) in [4.78, 5) is 15.7. The Labute approximate surface area is 131 Å². The highest BCUT2D eigenvalue weighted by molar-refractivity contribution is 5.71. The molecule has 3 nitrogen and oxygen atoms in total. The van der Waals surface area contributed by atoms with Gasteiger partial charge in [0, 0.05) is 0 Å². The summed E-state index contributed by atoms with van der Waals surface area (Å²) in [6, 6.07) is 0. The van der Waals surface area contributed by atoms with E-state index in [9.17, 15) is 4.79 Å². The van der Waals surface area contributed by atoms with Crippen molar-refractivity contribution in [3.8, 4) is 0 Å².